The van der Waals surface area contributed by atoms with Crippen LogP contribution in [0.5, 0.6) is 0 Å². The lowest BCUT2D eigenvalue weighted by Gasteiger charge is -2.32. The highest BCUT2D eigenvalue weighted by molar-refractivity contribution is 6.05. The molecule has 2 aliphatic rings. The molecule has 1 unspecified atom stereocenters. The van der Waals surface area contributed by atoms with Crippen LogP contribution in [-0.2, 0) is 5.54 Å². The Morgan fingerprint density at radius 3 is 2.29 bits per heavy atom. The summed E-state index contributed by atoms with van der Waals surface area (Å²) in [6, 6.07) is 3.92. The summed E-state index contributed by atoms with van der Waals surface area (Å²) in [5.41, 5.74) is 6.48. The van der Waals surface area contributed by atoms with Crippen LogP contribution in [0.25, 0.3) is 0 Å². The number of nitrogens with two attached hydrogens (primary N) is 1. The van der Waals surface area contributed by atoms with E-state index in [9.17, 15) is 0 Å². The summed E-state index contributed by atoms with van der Waals surface area (Å²) < 4.78 is 0. The Kier molecular flexibility index (Phi) is 3.91. The van der Waals surface area contributed by atoms with E-state index in [0.717, 1.165) is 25.9 Å². The summed E-state index contributed by atoms with van der Waals surface area (Å²) in [5.74, 6) is 1.08. The van der Waals surface area contributed by atoms with Gasteiger partial charge in [0, 0.05) is 30.8 Å². The first kappa shape index (κ1) is 15.1. The Morgan fingerprint density at radius 1 is 1.00 bits per heavy atom. The van der Waals surface area contributed by atoms with Crippen LogP contribution in [0, 0.1) is 0 Å². The molecule has 8 nitrogen and oxygen atoms in total. The summed E-state index contributed by atoms with van der Waals surface area (Å²) in [4.78, 5) is 17.4. The Labute approximate surface area is 140 Å². The van der Waals surface area contributed by atoms with Gasteiger partial charge in [0.25, 0.3) is 0 Å². The number of piperidine rings is 1. The Morgan fingerprint density at radius 2 is 1.62 bits per heavy atom. The molecule has 1 saturated heterocycles. The fourth-order valence-electron chi connectivity index (χ4n) is 3.27. The highest BCUT2D eigenvalue weighted by atomic mass is 15.5. The average Bonchev–Trinajstić information content (AvgIpc) is 3.03. The van der Waals surface area contributed by atoms with E-state index in [-0.39, 0.29) is 0 Å². The summed E-state index contributed by atoms with van der Waals surface area (Å²) in [5, 5.41) is 10.3. The fraction of sp³-hybridized carbons (Fsp3) is 0.438. The highest BCUT2D eigenvalue weighted by Gasteiger charge is 2.46. The molecule has 0 saturated carbocycles. The van der Waals surface area contributed by atoms with E-state index in [2.05, 4.69) is 30.3 Å². The van der Waals surface area contributed by atoms with E-state index in [1.165, 1.54) is 0 Å². The second-order valence-electron chi connectivity index (χ2n) is 6.14. The van der Waals surface area contributed by atoms with Crippen molar-refractivity contribution in [2.75, 3.05) is 19.6 Å². The molecule has 0 radical (unpaired) electrons. The molecule has 2 aromatic rings. The molecule has 3 N–H and O–H groups in total. The zero-order chi connectivity index (χ0) is 16.4. The van der Waals surface area contributed by atoms with Crippen molar-refractivity contribution >= 4 is 5.71 Å². The molecule has 8 heteroatoms. The van der Waals surface area contributed by atoms with Crippen molar-refractivity contribution in [1.82, 2.24) is 30.3 Å². The third kappa shape index (κ3) is 2.63. The number of rotatable bonds is 3. The SMILES string of the molecule is NC1(c2ncccn2)CN(C2CCNCC2)N=C1c1ncccn1. The van der Waals surface area contributed by atoms with Gasteiger partial charge in [0.15, 0.2) is 11.6 Å². The molecule has 1 atom stereocenters. The first-order chi connectivity index (χ1) is 11.8. The largest absolute Gasteiger partial charge is 0.317 e. The van der Waals surface area contributed by atoms with Gasteiger partial charge in [0.2, 0.25) is 0 Å². The highest BCUT2D eigenvalue weighted by Crippen LogP contribution is 2.30. The topological polar surface area (TPSA) is 105 Å². The maximum absolute atomic E-state index is 6.76. The smallest absolute Gasteiger partial charge is 0.178 e. The summed E-state index contributed by atoms with van der Waals surface area (Å²) in [6.07, 6.45) is 8.88. The lowest BCUT2D eigenvalue weighted by molar-refractivity contribution is 0.167. The molecule has 0 aliphatic carbocycles. The molecular weight excluding hydrogens is 304 g/mol. The lowest BCUT2D eigenvalue weighted by Crippen LogP contribution is -2.51. The number of hydrogen-bond acceptors (Lipinski definition) is 8. The molecule has 0 amide bonds. The van der Waals surface area contributed by atoms with Crippen LogP contribution >= 0.6 is 0 Å². The van der Waals surface area contributed by atoms with Crippen molar-refractivity contribution in [2.24, 2.45) is 10.8 Å². The number of aromatic nitrogens is 4. The van der Waals surface area contributed by atoms with Crippen LogP contribution < -0.4 is 11.1 Å². The van der Waals surface area contributed by atoms with Gasteiger partial charge in [-0.15, -0.1) is 0 Å². The quantitative estimate of drug-likeness (QED) is 0.811. The third-order valence-corrected chi connectivity index (χ3v) is 4.53. The molecule has 2 aromatic heterocycles. The number of hydrazone groups is 1. The van der Waals surface area contributed by atoms with Crippen molar-refractivity contribution in [3.05, 3.63) is 48.6 Å². The first-order valence-corrected chi connectivity index (χ1v) is 8.17. The van der Waals surface area contributed by atoms with E-state index in [1.54, 1.807) is 36.9 Å². The molecule has 4 rings (SSSR count). The van der Waals surface area contributed by atoms with Crippen LogP contribution in [-0.4, -0.2) is 56.3 Å². The van der Waals surface area contributed by atoms with Gasteiger partial charge in [-0.25, -0.2) is 19.9 Å². The number of nitrogens with zero attached hydrogens (tertiary/aromatic N) is 6. The minimum Gasteiger partial charge on any atom is -0.317 e. The predicted octanol–water partition coefficient (Wildman–Crippen LogP) is -0.107. The van der Waals surface area contributed by atoms with Crippen molar-refractivity contribution < 1.29 is 0 Å². The molecule has 0 bridgehead atoms. The van der Waals surface area contributed by atoms with Crippen molar-refractivity contribution in [3.8, 4) is 0 Å². The number of hydrogen-bond donors (Lipinski definition) is 2. The monoisotopic (exact) mass is 324 g/mol. The molecule has 1 fully saturated rings. The van der Waals surface area contributed by atoms with Gasteiger partial charge in [-0.05, 0) is 38.1 Å². The van der Waals surface area contributed by atoms with Gasteiger partial charge in [-0.3, -0.25) is 5.01 Å². The van der Waals surface area contributed by atoms with Crippen molar-refractivity contribution in [2.45, 2.75) is 24.4 Å². The molecular formula is C16H20N8. The van der Waals surface area contributed by atoms with Crippen LogP contribution in [0.3, 0.4) is 0 Å². The lowest BCUT2D eigenvalue weighted by atomic mass is 9.92. The minimum atomic E-state index is -0.909. The zero-order valence-corrected chi connectivity index (χ0v) is 13.3. The molecule has 24 heavy (non-hydrogen) atoms. The minimum absolute atomic E-state index is 0.360. The van der Waals surface area contributed by atoms with Gasteiger partial charge in [0.05, 0.1) is 6.54 Å². The van der Waals surface area contributed by atoms with Gasteiger partial charge in [-0.1, -0.05) is 0 Å². The van der Waals surface area contributed by atoms with E-state index in [1.807, 2.05) is 0 Å². The van der Waals surface area contributed by atoms with E-state index < -0.39 is 5.54 Å². The maximum Gasteiger partial charge on any atom is 0.178 e. The van der Waals surface area contributed by atoms with E-state index in [4.69, 9.17) is 10.8 Å². The van der Waals surface area contributed by atoms with Crippen LogP contribution in [0.15, 0.2) is 42.0 Å². The van der Waals surface area contributed by atoms with E-state index in [0.29, 0.717) is 29.9 Å². The summed E-state index contributed by atoms with van der Waals surface area (Å²) in [6.45, 7) is 2.52. The van der Waals surface area contributed by atoms with Crippen LogP contribution in [0.1, 0.15) is 24.5 Å². The molecule has 124 valence electrons. The summed E-state index contributed by atoms with van der Waals surface area (Å²) >= 11 is 0. The number of nitrogens with one attached hydrogen (secondary N) is 1. The normalized spacial score (nSPS) is 24.9. The fourth-order valence-corrected chi connectivity index (χ4v) is 3.27. The van der Waals surface area contributed by atoms with Crippen LogP contribution in [0.4, 0.5) is 0 Å². The van der Waals surface area contributed by atoms with Crippen molar-refractivity contribution in [3.63, 3.8) is 0 Å². The Hall–Kier alpha value is -2.45. The van der Waals surface area contributed by atoms with Gasteiger partial charge >= 0.3 is 0 Å². The standard InChI is InChI=1S/C16H20N8/c17-16(15-21-7-2-8-22-15)11-24(12-3-9-18-10-4-12)23-13(16)14-19-5-1-6-20-14/h1-2,5-8,12,18H,3-4,9-11,17H2. The molecule has 4 heterocycles. The van der Waals surface area contributed by atoms with E-state index >= 15 is 0 Å². The second kappa shape index (κ2) is 6.21. The average molecular weight is 324 g/mol. The Balaban J connectivity index is 1.74. The summed E-state index contributed by atoms with van der Waals surface area (Å²) in [7, 11) is 0. The first-order valence-electron chi connectivity index (χ1n) is 8.17. The third-order valence-electron chi connectivity index (χ3n) is 4.53. The van der Waals surface area contributed by atoms with Gasteiger partial charge < -0.3 is 11.1 Å². The maximum atomic E-state index is 6.76. The zero-order valence-electron chi connectivity index (χ0n) is 13.3. The second-order valence-corrected chi connectivity index (χ2v) is 6.14. The molecule has 0 aromatic carbocycles. The Bertz CT molecular complexity index is 713. The predicted molar refractivity (Wildman–Crippen MR) is 89.1 cm³/mol. The van der Waals surface area contributed by atoms with Gasteiger partial charge in [-0.2, -0.15) is 5.10 Å². The van der Waals surface area contributed by atoms with Crippen molar-refractivity contribution in [1.29, 1.82) is 0 Å². The molecule has 2 aliphatic heterocycles. The van der Waals surface area contributed by atoms with Crippen LogP contribution in [0.2, 0.25) is 0 Å². The molecule has 0 spiro atoms. The van der Waals surface area contributed by atoms with Gasteiger partial charge in [0.1, 0.15) is 11.3 Å².